The van der Waals surface area contributed by atoms with E-state index < -0.39 is 23.4 Å². The molecule has 10 heteroatoms. The van der Waals surface area contributed by atoms with Crippen LogP contribution in [0.25, 0.3) is 5.69 Å². The van der Waals surface area contributed by atoms with Crippen LogP contribution in [0.15, 0.2) is 42.7 Å². The summed E-state index contributed by atoms with van der Waals surface area (Å²) in [6.45, 7) is 1.51. The zero-order valence-electron chi connectivity index (χ0n) is 14.7. The zero-order chi connectivity index (χ0) is 19.9. The molecule has 1 heterocycles. The molecule has 0 saturated carbocycles. The number of methoxy groups -OCH3 is 1. The van der Waals surface area contributed by atoms with E-state index in [4.69, 9.17) is 35.4 Å². The van der Waals surface area contributed by atoms with Gasteiger partial charge in [0.1, 0.15) is 11.3 Å². The molecule has 1 aromatic carbocycles. The number of aliphatic carboxylic acids is 3. The van der Waals surface area contributed by atoms with E-state index in [1.807, 2.05) is 47.3 Å². The van der Waals surface area contributed by atoms with Gasteiger partial charge in [0.2, 0.25) is 0 Å². The Morgan fingerprint density at radius 1 is 1.11 bits per heavy atom. The Morgan fingerprint density at radius 2 is 1.63 bits per heavy atom. The lowest BCUT2D eigenvalue weighted by Crippen LogP contribution is -2.46. The normalized spacial score (nSPS) is 11.8. The fourth-order valence-corrected chi connectivity index (χ4v) is 2.04. The lowest BCUT2D eigenvalue weighted by Gasteiger charge is -2.20. The molecule has 0 aliphatic heterocycles. The average molecular weight is 382 g/mol. The molecule has 148 valence electrons. The maximum atomic E-state index is 11.1. The summed E-state index contributed by atoms with van der Waals surface area (Å²) in [5.41, 5.74) is 6.21. The van der Waals surface area contributed by atoms with Crippen LogP contribution in [-0.4, -0.2) is 55.9 Å². The van der Waals surface area contributed by atoms with Gasteiger partial charge >= 0.3 is 17.9 Å². The monoisotopic (exact) mass is 382 g/mol. The SMILES string of the molecule is COc1ccc(C[C@](C)(N)C(=O)O)cc1-n1cccc1.O.O=C(O)C(=O)O. The molecular weight excluding hydrogens is 360 g/mol. The van der Waals surface area contributed by atoms with Crippen LogP contribution < -0.4 is 10.5 Å². The van der Waals surface area contributed by atoms with E-state index >= 15 is 0 Å². The standard InChI is InChI=1S/C15H18N2O3.C2H2O4.H2O/c1-15(16,14(18)19)10-11-5-6-13(20-2)12(9-11)17-7-3-4-8-17;3-1(4)2(5)6;/h3-9H,10,16H2,1-2H3,(H,18,19);(H,3,4)(H,5,6);1H2/t15-;;/m0../s1. The molecule has 0 bridgehead atoms. The van der Waals surface area contributed by atoms with Crippen molar-refractivity contribution in [3.63, 3.8) is 0 Å². The second-order valence-corrected chi connectivity index (χ2v) is 5.61. The van der Waals surface area contributed by atoms with E-state index in [2.05, 4.69) is 0 Å². The summed E-state index contributed by atoms with van der Waals surface area (Å²) in [4.78, 5) is 29.3. The first kappa shape index (κ1) is 23.6. The van der Waals surface area contributed by atoms with Crippen molar-refractivity contribution >= 4 is 17.9 Å². The van der Waals surface area contributed by atoms with Crippen LogP contribution in [0.4, 0.5) is 0 Å². The number of hydrogen-bond donors (Lipinski definition) is 4. The maximum Gasteiger partial charge on any atom is 0.414 e. The first-order valence-corrected chi connectivity index (χ1v) is 7.37. The highest BCUT2D eigenvalue weighted by molar-refractivity contribution is 6.27. The van der Waals surface area contributed by atoms with Gasteiger partial charge in [0.05, 0.1) is 12.8 Å². The summed E-state index contributed by atoms with van der Waals surface area (Å²) < 4.78 is 7.25. The third kappa shape index (κ3) is 6.80. The van der Waals surface area contributed by atoms with E-state index in [0.29, 0.717) is 0 Å². The Kier molecular flexibility index (Phi) is 8.70. The molecular formula is C17H22N2O8. The van der Waals surface area contributed by atoms with Gasteiger partial charge in [0.15, 0.2) is 0 Å². The number of hydrogen-bond acceptors (Lipinski definition) is 5. The minimum absolute atomic E-state index is 0. The Hall–Kier alpha value is -3.37. The van der Waals surface area contributed by atoms with Crippen molar-refractivity contribution in [3.8, 4) is 11.4 Å². The molecule has 2 rings (SSSR count). The highest BCUT2D eigenvalue weighted by atomic mass is 16.5. The molecule has 10 nitrogen and oxygen atoms in total. The lowest BCUT2D eigenvalue weighted by atomic mass is 9.94. The van der Waals surface area contributed by atoms with Crippen molar-refractivity contribution in [2.24, 2.45) is 5.73 Å². The molecule has 0 saturated heterocycles. The Balaban J connectivity index is 0.000000842. The van der Waals surface area contributed by atoms with Gasteiger partial charge in [-0.25, -0.2) is 9.59 Å². The second kappa shape index (κ2) is 9.94. The molecule has 0 aliphatic carbocycles. The predicted molar refractivity (Wildman–Crippen MR) is 95.1 cm³/mol. The van der Waals surface area contributed by atoms with Gasteiger partial charge in [-0.3, -0.25) is 4.79 Å². The van der Waals surface area contributed by atoms with Crippen molar-refractivity contribution < 1.29 is 39.9 Å². The van der Waals surface area contributed by atoms with Crippen LogP contribution in [0, 0.1) is 0 Å². The second-order valence-electron chi connectivity index (χ2n) is 5.61. The number of nitrogens with two attached hydrogens (primary N) is 1. The third-order valence-electron chi connectivity index (χ3n) is 3.37. The summed E-state index contributed by atoms with van der Waals surface area (Å²) >= 11 is 0. The first-order valence-electron chi connectivity index (χ1n) is 7.37. The van der Waals surface area contributed by atoms with Gasteiger partial charge in [0, 0.05) is 18.8 Å². The van der Waals surface area contributed by atoms with Crippen molar-refractivity contribution in [1.29, 1.82) is 0 Å². The molecule has 1 aromatic heterocycles. The van der Waals surface area contributed by atoms with Crippen molar-refractivity contribution in [2.75, 3.05) is 7.11 Å². The van der Waals surface area contributed by atoms with Crippen molar-refractivity contribution in [1.82, 2.24) is 4.57 Å². The third-order valence-corrected chi connectivity index (χ3v) is 3.37. The topological polar surface area (TPSA) is 184 Å². The lowest BCUT2D eigenvalue weighted by molar-refractivity contribution is -0.159. The number of carboxylic acid groups (broad SMARTS) is 3. The molecule has 2 aromatic rings. The minimum atomic E-state index is -1.82. The number of aromatic nitrogens is 1. The summed E-state index contributed by atoms with van der Waals surface area (Å²) in [5, 5.41) is 23.9. The molecule has 1 atom stereocenters. The number of rotatable bonds is 5. The van der Waals surface area contributed by atoms with Crippen molar-refractivity contribution in [3.05, 3.63) is 48.3 Å². The van der Waals surface area contributed by atoms with Crippen LogP contribution in [0.5, 0.6) is 5.75 Å². The highest BCUT2D eigenvalue weighted by Gasteiger charge is 2.28. The Morgan fingerprint density at radius 3 is 2.04 bits per heavy atom. The van der Waals surface area contributed by atoms with Crippen molar-refractivity contribution in [2.45, 2.75) is 18.9 Å². The highest BCUT2D eigenvalue weighted by Crippen LogP contribution is 2.25. The number of ether oxygens (including phenoxy) is 1. The van der Waals surface area contributed by atoms with E-state index in [1.165, 1.54) is 6.92 Å². The van der Waals surface area contributed by atoms with Crippen LogP contribution in [0.2, 0.25) is 0 Å². The molecule has 0 amide bonds. The van der Waals surface area contributed by atoms with Gasteiger partial charge in [0.25, 0.3) is 0 Å². The summed E-state index contributed by atoms with van der Waals surface area (Å²) in [6, 6.07) is 9.38. The fraction of sp³-hybridized carbons (Fsp3) is 0.235. The van der Waals surface area contributed by atoms with Gasteiger partial charge in [-0.2, -0.15) is 0 Å². The smallest absolute Gasteiger partial charge is 0.414 e. The summed E-state index contributed by atoms with van der Waals surface area (Å²) in [7, 11) is 1.60. The molecule has 27 heavy (non-hydrogen) atoms. The molecule has 0 spiro atoms. The van der Waals surface area contributed by atoms with Gasteiger partial charge in [-0.15, -0.1) is 0 Å². The van der Waals surface area contributed by atoms with E-state index in [-0.39, 0.29) is 11.9 Å². The number of carboxylic acids is 3. The van der Waals surface area contributed by atoms with Crippen LogP contribution in [0.3, 0.4) is 0 Å². The molecule has 0 unspecified atom stereocenters. The predicted octanol–water partition coefficient (Wildman–Crippen LogP) is 0.161. The quantitative estimate of drug-likeness (QED) is 0.527. The first-order chi connectivity index (χ1) is 12.1. The number of nitrogens with zero attached hydrogens (tertiary/aromatic N) is 1. The number of carbonyl (C=O) groups is 3. The van der Waals surface area contributed by atoms with Crippen LogP contribution >= 0.6 is 0 Å². The number of benzene rings is 1. The maximum absolute atomic E-state index is 11.1. The van der Waals surface area contributed by atoms with Crippen LogP contribution in [-0.2, 0) is 20.8 Å². The van der Waals surface area contributed by atoms with Gasteiger partial charge < -0.3 is 35.8 Å². The zero-order valence-corrected chi connectivity index (χ0v) is 14.7. The fourth-order valence-electron chi connectivity index (χ4n) is 2.04. The van der Waals surface area contributed by atoms with E-state index in [0.717, 1.165) is 17.0 Å². The van der Waals surface area contributed by atoms with E-state index in [1.54, 1.807) is 7.11 Å². The molecule has 0 fully saturated rings. The molecule has 0 aliphatic rings. The average Bonchev–Trinajstić information content (AvgIpc) is 3.09. The van der Waals surface area contributed by atoms with E-state index in [9.17, 15) is 4.79 Å². The Bertz CT molecular complexity index is 772. The Labute approximate surface area is 154 Å². The molecule has 7 N–H and O–H groups in total. The summed E-state index contributed by atoms with van der Waals surface area (Å²) in [6.07, 6.45) is 4.06. The summed E-state index contributed by atoms with van der Waals surface area (Å²) in [5.74, 6) is -3.94. The molecule has 0 radical (unpaired) electrons. The minimum Gasteiger partial charge on any atom is -0.495 e. The van der Waals surface area contributed by atoms with Crippen LogP contribution in [0.1, 0.15) is 12.5 Å². The van der Waals surface area contributed by atoms with Gasteiger partial charge in [-0.05, 0) is 36.8 Å². The van der Waals surface area contributed by atoms with Gasteiger partial charge in [-0.1, -0.05) is 6.07 Å². The largest absolute Gasteiger partial charge is 0.495 e.